The van der Waals surface area contributed by atoms with Gasteiger partial charge in [-0.2, -0.15) is 5.26 Å². The number of phenolic OH excluding ortho intramolecular Hbond substituents is 1. The van der Waals surface area contributed by atoms with Gasteiger partial charge in [-0.25, -0.2) is 0 Å². The molecule has 4 nitrogen and oxygen atoms in total. The lowest BCUT2D eigenvalue weighted by atomic mass is 10.1. The van der Waals surface area contributed by atoms with Gasteiger partial charge in [0.1, 0.15) is 0 Å². The number of hydrogen-bond acceptors (Lipinski definition) is 4. The van der Waals surface area contributed by atoms with E-state index in [1.54, 1.807) is 6.07 Å². The first-order chi connectivity index (χ1) is 7.08. The van der Waals surface area contributed by atoms with Gasteiger partial charge in [-0.05, 0) is 20.2 Å². The molecule has 0 aliphatic carbocycles. The highest BCUT2D eigenvalue weighted by molar-refractivity contribution is 5.51. The predicted octanol–water partition coefficient (Wildman–Crippen LogP) is 1.33. The zero-order valence-corrected chi connectivity index (χ0v) is 9.11. The lowest BCUT2D eigenvalue weighted by molar-refractivity contribution is 0.354. The molecule has 1 N–H and O–H groups in total. The van der Waals surface area contributed by atoms with Crippen LogP contribution in [0.15, 0.2) is 12.1 Å². The van der Waals surface area contributed by atoms with Crippen LogP contribution in [0.1, 0.15) is 11.1 Å². The largest absolute Gasteiger partial charge is 0.504 e. The molecule has 0 saturated carbocycles. The van der Waals surface area contributed by atoms with E-state index in [0.717, 1.165) is 0 Å². The molecule has 0 aliphatic heterocycles. The summed E-state index contributed by atoms with van der Waals surface area (Å²) in [6.45, 7) is 0.567. The van der Waals surface area contributed by atoms with Gasteiger partial charge < -0.3 is 14.7 Å². The Bertz CT molecular complexity index is 394. The van der Waals surface area contributed by atoms with E-state index in [2.05, 4.69) is 0 Å². The highest BCUT2D eigenvalue weighted by atomic mass is 16.5. The van der Waals surface area contributed by atoms with Gasteiger partial charge in [0.05, 0.1) is 18.7 Å². The van der Waals surface area contributed by atoms with Crippen molar-refractivity contribution in [2.45, 2.75) is 6.54 Å². The van der Waals surface area contributed by atoms with Crippen LogP contribution in [-0.2, 0) is 6.54 Å². The number of benzene rings is 1. The van der Waals surface area contributed by atoms with Gasteiger partial charge in [0.2, 0.25) is 0 Å². The Morgan fingerprint density at radius 3 is 2.60 bits per heavy atom. The molecule has 1 aromatic rings. The van der Waals surface area contributed by atoms with Crippen molar-refractivity contribution >= 4 is 0 Å². The molecule has 15 heavy (non-hydrogen) atoms. The van der Waals surface area contributed by atoms with Crippen LogP contribution in [0.3, 0.4) is 0 Å². The van der Waals surface area contributed by atoms with E-state index in [-0.39, 0.29) is 5.75 Å². The fourth-order valence-electron chi connectivity index (χ4n) is 1.35. The quantitative estimate of drug-likeness (QED) is 0.810. The van der Waals surface area contributed by atoms with Crippen LogP contribution in [0.4, 0.5) is 0 Å². The normalized spacial score (nSPS) is 10.1. The van der Waals surface area contributed by atoms with Gasteiger partial charge in [-0.15, -0.1) is 0 Å². The summed E-state index contributed by atoms with van der Waals surface area (Å²) in [7, 11) is 5.26. The topological polar surface area (TPSA) is 56.5 Å². The lowest BCUT2D eigenvalue weighted by Crippen LogP contribution is -2.11. The number of hydrogen-bond donors (Lipinski definition) is 1. The second kappa shape index (κ2) is 4.67. The summed E-state index contributed by atoms with van der Waals surface area (Å²) < 4.78 is 4.99. The fraction of sp³-hybridized carbons (Fsp3) is 0.364. The van der Waals surface area contributed by atoms with Gasteiger partial charge in [-0.1, -0.05) is 0 Å². The summed E-state index contributed by atoms with van der Waals surface area (Å²) in [5.41, 5.74) is 1.18. The molecule has 4 heteroatoms. The van der Waals surface area contributed by atoms with Crippen LogP contribution < -0.4 is 4.74 Å². The van der Waals surface area contributed by atoms with Crippen LogP contribution in [0.25, 0.3) is 0 Å². The SMILES string of the molecule is COc1cc(C#N)cc(CN(C)C)c1O. The number of ether oxygens (including phenoxy) is 1. The molecule has 1 aromatic carbocycles. The first-order valence-electron chi connectivity index (χ1n) is 4.53. The number of methoxy groups -OCH3 is 1. The predicted molar refractivity (Wildman–Crippen MR) is 56.8 cm³/mol. The van der Waals surface area contributed by atoms with E-state index in [9.17, 15) is 5.11 Å². The smallest absolute Gasteiger partial charge is 0.162 e. The Labute approximate surface area is 89.3 Å². The Kier molecular flexibility index (Phi) is 3.53. The average molecular weight is 206 g/mol. The molecule has 0 atom stereocenters. The van der Waals surface area contributed by atoms with E-state index in [4.69, 9.17) is 10.00 Å². The molecule has 0 aliphatic rings. The Morgan fingerprint density at radius 1 is 1.47 bits per heavy atom. The molecule has 0 fully saturated rings. The first-order valence-corrected chi connectivity index (χ1v) is 4.53. The van der Waals surface area contributed by atoms with Crippen molar-refractivity contribution < 1.29 is 9.84 Å². The van der Waals surface area contributed by atoms with E-state index < -0.39 is 0 Å². The summed E-state index contributed by atoms with van der Waals surface area (Å²) in [4.78, 5) is 1.91. The maximum Gasteiger partial charge on any atom is 0.162 e. The van der Waals surface area contributed by atoms with Crippen LogP contribution in [0.5, 0.6) is 11.5 Å². The highest BCUT2D eigenvalue weighted by Crippen LogP contribution is 2.31. The Balaban J connectivity index is 3.19. The minimum absolute atomic E-state index is 0.102. The summed E-state index contributed by atoms with van der Waals surface area (Å²) in [6.07, 6.45) is 0. The van der Waals surface area contributed by atoms with Crippen LogP contribution in [0, 0.1) is 11.3 Å². The molecular weight excluding hydrogens is 192 g/mol. The molecule has 1 rings (SSSR count). The van der Waals surface area contributed by atoms with Gasteiger partial charge in [0, 0.05) is 18.2 Å². The fourth-order valence-corrected chi connectivity index (χ4v) is 1.35. The van der Waals surface area contributed by atoms with Gasteiger partial charge in [-0.3, -0.25) is 0 Å². The van der Waals surface area contributed by atoms with Crippen molar-refractivity contribution in [2.75, 3.05) is 21.2 Å². The van der Waals surface area contributed by atoms with Crippen LogP contribution in [-0.4, -0.2) is 31.2 Å². The average Bonchev–Trinajstić information content (AvgIpc) is 2.20. The van der Waals surface area contributed by atoms with E-state index in [1.165, 1.54) is 13.2 Å². The third-order valence-corrected chi connectivity index (χ3v) is 1.99. The summed E-state index contributed by atoms with van der Waals surface area (Å²) in [5, 5.41) is 18.6. The van der Waals surface area contributed by atoms with Crippen molar-refractivity contribution in [2.24, 2.45) is 0 Å². The molecule has 0 unspecified atom stereocenters. The van der Waals surface area contributed by atoms with Crippen LogP contribution >= 0.6 is 0 Å². The summed E-state index contributed by atoms with van der Waals surface area (Å²) in [5.74, 6) is 0.441. The maximum atomic E-state index is 9.80. The summed E-state index contributed by atoms with van der Waals surface area (Å²) in [6, 6.07) is 5.22. The molecule has 0 heterocycles. The van der Waals surface area contributed by atoms with Crippen LogP contribution in [0.2, 0.25) is 0 Å². The number of nitriles is 1. The minimum atomic E-state index is 0.102. The molecule has 0 spiro atoms. The molecule has 0 saturated heterocycles. The second-order valence-corrected chi connectivity index (χ2v) is 3.54. The molecule has 0 aromatic heterocycles. The van der Waals surface area contributed by atoms with E-state index >= 15 is 0 Å². The maximum absolute atomic E-state index is 9.80. The standard InChI is InChI=1S/C11H14N2O2/c1-13(2)7-9-4-8(6-12)5-10(15-3)11(9)14/h4-5,14H,7H2,1-3H3. The van der Waals surface area contributed by atoms with E-state index in [1.807, 2.05) is 25.1 Å². The number of nitrogens with zero attached hydrogens (tertiary/aromatic N) is 2. The zero-order valence-electron chi connectivity index (χ0n) is 9.11. The molecule has 0 radical (unpaired) electrons. The first kappa shape index (κ1) is 11.3. The van der Waals surface area contributed by atoms with Gasteiger partial charge in [0.25, 0.3) is 0 Å². The van der Waals surface area contributed by atoms with E-state index in [0.29, 0.717) is 23.4 Å². The minimum Gasteiger partial charge on any atom is -0.504 e. The van der Waals surface area contributed by atoms with Crippen molar-refractivity contribution in [1.29, 1.82) is 5.26 Å². The van der Waals surface area contributed by atoms with Crippen molar-refractivity contribution in [3.05, 3.63) is 23.3 Å². The molecule has 0 amide bonds. The second-order valence-electron chi connectivity index (χ2n) is 3.54. The van der Waals surface area contributed by atoms with Crippen molar-refractivity contribution in [1.82, 2.24) is 4.90 Å². The Hall–Kier alpha value is -1.73. The zero-order chi connectivity index (χ0) is 11.4. The molecule has 80 valence electrons. The van der Waals surface area contributed by atoms with Gasteiger partial charge >= 0.3 is 0 Å². The van der Waals surface area contributed by atoms with Crippen molar-refractivity contribution in [3.8, 4) is 17.6 Å². The van der Waals surface area contributed by atoms with Crippen molar-refractivity contribution in [3.63, 3.8) is 0 Å². The highest BCUT2D eigenvalue weighted by Gasteiger charge is 2.10. The lowest BCUT2D eigenvalue weighted by Gasteiger charge is -2.13. The summed E-state index contributed by atoms with van der Waals surface area (Å²) >= 11 is 0. The Morgan fingerprint density at radius 2 is 2.13 bits per heavy atom. The number of phenols is 1. The monoisotopic (exact) mass is 206 g/mol. The number of aromatic hydroxyl groups is 1. The molecular formula is C11H14N2O2. The van der Waals surface area contributed by atoms with Gasteiger partial charge in [0.15, 0.2) is 11.5 Å². The third kappa shape index (κ3) is 2.61. The number of rotatable bonds is 3. The molecule has 0 bridgehead atoms. The third-order valence-electron chi connectivity index (χ3n) is 1.99.